The molecule has 0 unspecified atom stereocenters. The maximum absolute atomic E-state index is 12.9. The van der Waals surface area contributed by atoms with Crippen LogP contribution >= 0.6 is 11.3 Å². The third kappa shape index (κ3) is 2.03. The van der Waals surface area contributed by atoms with Gasteiger partial charge in [-0.3, -0.25) is 0 Å². The Bertz CT molecular complexity index is 314. The summed E-state index contributed by atoms with van der Waals surface area (Å²) in [6.07, 6.45) is 1.01. The van der Waals surface area contributed by atoms with Crippen molar-refractivity contribution in [3.8, 4) is 0 Å². The summed E-state index contributed by atoms with van der Waals surface area (Å²) in [7, 11) is 0. The van der Waals surface area contributed by atoms with E-state index in [2.05, 4.69) is 4.98 Å². The normalized spacial score (nSPS) is 22.4. The molecule has 2 rings (SSSR count). The average molecular weight is 218 g/mol. The molecule has 2 nitrogen and oxygen atoms in total. The van der Waals surface area contributed by atoms with Gasteiger partial charge in [0.2, 0.25) is 5.92 Å². The van der Waals surface area contributed by atoms with Crippen LogP contribution in [0.4, 0.5) is 13.9 Å². The van der Waals surface area contributed by atoms with Crippen molar-refractivity contribution < 1.29 is 8.78 Å². The van der Waals surface area contributed by atoms with Gasteiger partial charge in [-0.2, -0.15) is 0 Å². The summed E-state index contributed by atoms with van der Waals surface area (Å²) in [4.78, 5) is 4.13. The van der Waals surface area contributed by atoms with Crippen molar-refractivity contribution in [2.45, 2.75) is 37.5 Å². The minimum absolute atomic E-state index is 0.0188. The third-order valence-corrected chi connectivity index (χ3v) is 3.37. The Morgan fingerprint density at radius 2 is 2.07 bits per heavy atom. The van der Waals surface area contributed by atoms with E-state index in [1.807, 2.05) is 5.38 Å². The number of hydrogen-bond acceptors (Lipinski definition) is 3. The topological polar surface area (TPSA) is 38.9 Å². The van der Waals surface area contributed by atoms with E-state index in [1.54, 1.807) is 0 Å². The SMILES string of the molecule is Nc1nc(C2CCC(F)(F)CC2)cs1. The summed E-state index contributed by atoms with van der Waals surface area (Å²) < 4.78 is 25.7. The first-order valence-corrected chi connectivity index (χ1v) is 5.53. The summed E-state index contributed by atoms with van der Waals surface area (Å²) in [6, 6.07) is 0. The Hall–Kier alpha value is -0.710. The van der Waals surface area contributed by atoms with Crippen molar-refractivity contribution in [2.24, 2.45) is 0 Å². The van der Waals surface area contributed by atoms with Gasteiger partial charge < -0.3 is 5.73 Å². The molecule has 0 atom stereocenters. The van der Waals surface area contributed by atoms with Crippen molar-refractivity contribution in [2.75, 3.05) is 5.73 Å². The highest BCUT2D eigenvalue weighted by Crippen LogP contribution is 2.41. The second-order valence-corrected chi connectivity index (χ2v) is 4.63. The van der Waals surface area contributed by atoms with E-state index in [0.29, 0.717) is 18.0 Å². The fourth-order valence-electron chi connectivity index (χ4n) is 1.82. The highest BCUT2D eigenvalue weighted by atomic mass is 32.1. The van der Waals surface area contributed by atoms with E-state index in [4.69, 9.17) is 5.73 Å². The zero-order chi connectivity index (χ0) is 10.2. The lowest BCUT2D eigenvalue weighted by Crippen LogP contribution is -2.23. The predicted molar refractivity (Wildman–Crippen MR) is 52.7 cm³/mol. The van der Waals surface area contributed by atoms with E-state index in [9.17, 15) is 8.78 Å². The molecule has 0 radical (unpaired) electrons. The molecule has 1 saturated carbocycles. The standard InChI is InChI=1S/C9H12F2N2S/c10-9(11)3-1-6(2-4-9)7-5-14-8(12)13-7/h5-6H,1-4H2,(H2,12,13). The quantitative estimate of drug-likeness (QED) is 0.787. The van der Waals surface area contributed by atoms with Crippen molar-refractivity contribution in [1.29, 1.82) is 0 Å². The minimum atomic E-state index is -2.46. The van der Waals surface area contributed by atoms with Gasteiger partial charge in [-0.15, -0.1) is 11.3 Å². The van der Waals surface area contributed by atoms with Crippen LogP contribution in [0.5, 0.6) is 0 Å². The molecule has 1 aliphatic rings. The van der Waals surface area contributed by atoms with Crippen LogP contribution < -0.4 is 5.73 Å². The molecule has 78 valence electrons. The molecule has 14 heavy (non-hydrogen) atoms. The number of nitrogen functional groups attached to an aromatic ring is 1. The molecule has 1 fully saturated rings. The Balaban J connectivity index is 2.02. The molecule has 0 aliphatic heterocycles. The maximum Gasteiger partial charge on any atom is 0.248 e. The van der Waals surface area contributed by atoms with Gasteiger partial charge in [-0.05, 0) is 12.8 Å². The van der Waals surface area contributed by atoms with Crippen LogP contribution in [-0.2, 0) is 0 Å². The summed E-state index contributed by atoms with van der Waals surface area (Å²) in [5.41, 5.74) is 6.39. The number of alkyl halides is 2. The van der Waals surface area contributed by atoms with Gasteiger partial charge >= 0.3 is 0 Å². The second kappa shape index (κ2) is 3.46. The van der Waals surface area contributed by atoms with Crippen LogP contribution in [0, 0.1) is 0 Å². The van der Waals surface area contributed by atoms with E-state index in [1.165, 1.54) is 11.3 Å². The molecule has 1 aromatic rings. The van der Waals surface area contributed by atoms with Crippen LogP contribution in [0.3, 0.4) is 0 Å². The van der Waals surface area contributed by atoms with Crippen molar-refractivity contribution in [1.82, 2.24) is 4.98 Å². The van der Waals surface area contributed by atoms with Crippen molar-refractivity contribution in [3.63, 3.8) is 0 Å². The van der Waals surface area contributed by atoms with Gasteiger partial charge in [-0.1, -0.05) is 0 Å². The molecule has 0 aromatic carbocycles. The largest absolute Gasteiger partial charge is 0.375 e. The van der Waals surface area contributed by atoms with E-state index in [-0.39, 0.29) is 18.8 Å². The van der Waals surface area contributed by atoms with E-state index < -0.39 is 5.92 Å². The van der Waals surface area contributed by atoms with E-state index in [0.717, 1.165) is 5.69 Å². The number of rotatable bonds is 1. The van der Waals surface area contributed by atoms with Crippen LogP contribution in [0.15, 0.2) is 5.38 Å². The Morgan fingerprint density at radius 1 is 1.43 bits per heavy atom. The van der Waals surface area contributed by atoms with Crippen LogP contribution in [0.2, 0.25) is 0 Å². The first-order chi connectivity index (χ1) is 6.57. The fourth-order valence-corrected chi connectivity index (χ4v) is 2.47. The average Bonchev–Trinajstić information content (AvgIpc) is 2.52. The van der Waals surface area contributed by atoms with Gasteiger partial charge in [0.25, 0.3) is 0 Å². The van der Waals surface area contributed by atoms with Gasteiger partial charge in [0.05, 0.1) is 5.69 Å². The highest BCUT2D eigenvalue weighted by molar-refractivity contribution is 7.13. The number of halogens is 2. The number of aromatic nitrogens is 1. The van der Waals surface area contributed by atoms with Gasteiger partial charge in [0, 0.05) is 24.1 Å². The lowest BCUT2D eigenvalue weighted by molar-refractivity contribution is -0.0384. The molecule has 0 saturated heterocycles. The fraction of sp³-hybridized carbons (Fsp3) is 0.667. The minimum Gasteiger partial charge on any atom is -0.375 e. The molecule has 2 N–H and O–H groups in total. The Kier molecular flexibility index (Phi) is 2.43. The van der Waals surface area contributed by atoms with Gasteiger partial charge in [0.15, 0.2) is 5.13 Å². The molecular formula is C9H12F2N2S. The zero-order valence-corrected chi connectivity index (χ0v) is 8.49. The number of thiazole rings is 1. The number of hydrogen-bond donors (Lipinski definition) is 1. The van der Waals surface area contributed by atoms with Crippen LogP contribution in [0.1, 0.15) is 37.3 Å². The number of nitrogens with zero attached hydrogens (tertiary/aromatic N) is 1. The van der Waals surface area contributed by atoms with Gasteiger partial charge in [0.1, 0.15) is 0 Å². The summed E-state index contributed by atoms with van der Waals surface area (Å²) in [5.74, 6) is -2.28. The molecular weight excluding hydrogens is 206 g/mol. The first-order valence-electron chi connectivity index (χ1n) is 4.65. The molecule has 0 bridgehead atoms. The monoisotopic (exact) mass is 218 g/mol. The summed E-state index contributed by atoms with van der Waals surface area (Å²) in [5, 5.41) is 2.40. The Labute approximate surface area is 85.1 Å². The lowest BCUT2D eigenvalue weighted by Gasteiger charge is -2.26. The summed E-state index contributed by atoms with van der Waals surface area (Å²) >= 11 is 1.38. The first kappa shape index (κ1) is 9.83. The van der Waals surface area contributed by atoms with Crippen LogP contribution in [0.25, 0.3) is 0 Å². The molecule has 1 heterocycles. The van der Waals surface area contributed by atoms with Crippen molar-refractivity contribution >= 4 is 16.5 Å². The molecule has 5 heteroatoms. The highest BCUT2D eigenvalue weighted by Gasteiger charge is 2.35. The lowest BCUT2D eigenvalue weighted by atomic mass is 9.85. The number of anilines is 1. The molecule has 0 spiro atoms. The van der Waals surface area contributed by atoms with Crippen LogP contribution in [-0.4, -0.2) is 10.9 Å². The van der Waals surface area contributed by atoms with E-state index >= 15 is 0 Å². The third-order valence-electron chi connectivity index (χ3n) is 2.68. The molecule has 1 aliphatic carbocycles. The zero-order valence-electron chi connectivity index (χ0n) is 7.67. The summed E-state index contributed by atoms with van der Waals surface area (Å²) in [6.45, 7) is 0. The van der Waals surface area contributed by atoms with Gasteiger partial charge in [-0.25, -0.2) is 13.8 Å². The maximum atomic E-state index is 12.9. The predicted octanol–water partition coefficient (Wildman–Crippen LogP) is 3.02. The smallest absolute Gasteiger partial charge is 0.248 e. The molecule has 0 amide bonds. The van der Waals surface area contributed by atoms with Crippen molar-refractivity contribution in [3.05, 3.63) is 11.1 Å². The Morgan fingerprint density at radius 3 is 2.57 bits per heavy atom. The molecule has 1 aromatic heterocycles. The number of nitrogens with two attached hydrogens (primary N) is 1. The second-order valence-electron chi connectivity index (χ2n) is 3.74.